The van der Waals surface area contributed by atoms with Gasteiger partial charge < -0.3 is 9.64 Å². The Morgan fingerprint density at radius 2 is 2.00 bits per heavy atom. The van der Waals surface area contributed by atoms with Gasteiger partial charge in [0, 0.05) is 35.2 Å². The standard InChI is InChI=1S/C25H31ClN2O2/c1-3-28-15-9-14-20-21(18-12-8-13-19(26)16-18)22(25(29)30-4-2)23(27-24(20)28)17-10-6-5-7-11-17/h8,12-13,16-17H,3-7,9-11,14-15H2,1-2H3. The third-order valence-electron chi connectivity index (χ3n) is 6.42. The first-order valence-electron chi connectivity index (χ1n) is 11.4. The molecule has 1 saturated carbocycles. The number of hydrogen-bond acceptors (Lipinski definition) is 4. The number of pyridine rings is 1. The van der Waals surface area contributed by atoms with Gasteiger partial charge in [0.2, 0.25) is 0 Å². The van der Waals surface area contributed by atoms with E-state index >= 15 is 0 Å². The maximum Gasteiger partial charge on any atom is 0.340 e. The minimum atomic E-state index is -0.253. The summed E-state index contributed by atoms with van der Waals surface area (Å²) in [4.78, 5) is 20.9. The highest BCUT2D eigenvalue weighted by Gasteiger charge is 2.33. The van der Waals surface area contributed by atoms with E-state index in [4.69, 9.17) is 21.3 Å². The van der Waals surface area contributed by atoms with Crippen molar-refractivity contribution >= 4 is 23.4 Å². The number of ether oxygens (including phenoxy) is 1. The van der Waals surface area contributed by atoms with Crippen LogP contribution in [0.25, 0.3) is 11.1 Å². The van der Waals surface area contributed by atoms with Crippen LogP contribution in [0.3, 0.4) is 0 Å². The van der Waals surface area contributed by atoms with Crippen LogP contribution in [0.5, 0.6) is 0 Å². The number of esters is 1. The maximum atomic E-state index is 13.3. The van der Waals surface area contributed by atoms with Gasteiger partial charge in [-0.1, -0.05) is 43.0 Å². The lowest BCUT2D eigenvalue weighted by atomic mass is 9.81. The summed E-state index contributed by atoms with van der Waals surface area (Å²) in [6.45, 7) is 6.32. The number of fused-ring (bicyclic) bond motifs is 1. The molecular weight excluding hydrogens is 396 g/mol. The summed E-state index contributed by atoms with van der Waals surface area (Å²) < 4.78 is 5.57. The van der Waals surface area contributed by atoms with E-state index in [1.807, 2.05) is 25.1 Å². The highest BCUT2D eigenvalue weighted by Crippen LogP contribution is 2.43. The summed E-state index contributed by atoms with van der Waals surface area (Å²) in [6, 6.07) is 7.86. The smallest absolute Gasteiger partial charge is 0.340 e. The highest BCUT2D eigenvalue weighted by molar-refractivity contribution is 6.30. The van der Waals surface area contributed by atoms with Crippen molar-refractivity contribution in [1.82, 2.24) is 4.98 Å². The molecule has 0 N–H and O–H groups in total. The Hall–Kier alpha value is -2.07. The maximum absolute atomic E-state index is 13.3. The van der Waals surface area contributed by atoms with E-state index in [-0.39, 0.29) is 5.97 Å². The monoisotopic (exact) mass is 426 g/mol. The van der Waals surface area contributed by atoms with Crippen molar-refractivity contribution in [2.75, 3.05) is 24.6 Å². The summed E-state index contributed by atoms with van der Waals surface area (Å²) in [5, 5.41) is 0.676. The van der Waals surface area contributed by atoms with Gasteiger partial charge in [0.25, 0.3) is 0 Å². The Kier molecular flexibility index (Phi) is 6.62. The van der Waals surface area contributed by atoms with Crippen molar-refractivity contribution in [1.29, 1.82) is 0 Å². The van der Waals surface area contributed by atoms with Crippen LogP contribution >= 0.6 is 11.6 Å². The second-order valence-corrected chi connectivity index (χ2v) is 8.73. The highest BCUT2D eigenvalue weighted by atomic mass is 35.5. The topological polar surface area (TPSA) is 42.4 Å². The molecule has 0 spiro atoms. The van der Waals surface area contributed by atoms with Gasteiger partial charge in [-0.25, -0.2) is 9.78 Å². The Morgan fingerprint density at radius 1 is 1.20 bits per heavy atom. The Labute approximate surface area is 184 Å². The molecule has 4 rings (SSSR count). The number of rotatable bonds is 5. The molecule has 4 nitrogen and oxygen atoms in total. The van der Waals surface area contributed by atoms with Gasteiger partial charge in [0.05, 0.1) is 17.9 Å². The molecule has 0 bridgehead atoms. The number of halogens is 1. The normalized spacial score (nSPS) is 17.0. The predicted molar refractivity (Wildman–Crippen MR) is 123 cm³/mol. The van der Waals surface area contributed by atoms with E-state index in [1.54, 1.807) is 0 Å². The molecule has 0 saturated heterocycles. The van der Waals surface area contributed by atoms with Crippen molar-refractivity contribution in [2.45, 2.75) is 64.7 Å². The van der Waals surface area contributed by atoms with Crippen molar-refractivity contribution in [2.24, 2.45) is 0 Å². The molecule has 2 heterocycles. The summed E-state index contributed by atoms with van der Waals surface area (Å²) in [7, 11) is 0. The molecule has 1 aliphatic heterocycles. The van der Waals surface area contributed by atoms with Gasteiger partial charge in [-0.2, -0.15) is 0 Å². The van der Waals surface area contributed by atoms with Crippen LogP contribution in [0.1, 0.15) is 79.9 Å². The first-order chi connectivity index (χ1) is 14.6. The molecule has 1 aliphatic carbocycles. The van der Waals surface area contributed by atoms with Gasteiger partial charge >= 0.3 is 5.97 Å². The molecule has 2 aliphatic rings. The zero-order valence-corrected chi connectivity index (χ0v) is 18.8. The molecule has 30 heavy (non-hydrogen) atoms. The zero-order chi connectivity index (χ0) is 21.1. The molecule has 0 amide bonds. The van der Waals surface area contributed by atoms with Crippen molar-refractivity contribution in [3.05, 3.63) is 46.1 Å². The van der Waals surface area contributed by atoms with Gasteiger partial charge in [-0.15, -0.1) is 0 Å². The fourth-order valence-corrected chi connectivity index (χ4v) is 5.22. The number of benzene rings is 1. The number of nitrogens with zero attached hydrogens (tertiary/aromatic N) is 2. The van der Waals surface area contributed by atoms with Crippen molar-refractivity contribution in [3.63, 3.8) is 0 Å². The molecule has 160 valence electrons. The van der Waals surface area contributed by atoms with E-state index in [0.29, 0.717) is 23.1 Å². The van der Waals surface area contributed by atoms with Crippen LogP contribution in [-0.2, 0) is 11.2 Å². The predicted octanol–water partition coefficient (Wildman–Crippen LogP) is 6.40. The average molecular weight is 427 g/mol. The second-order valence-electron chi connectivity index (χ2n) is 8.30. The number of hydrogen-bond donors (Lipinski definition) is 0. The third-order valence-corrected chi connectivity index (χ3v) is 6.66. The van der Waals surface area contributed by atoms with E-state index < -0.39 is 0 Å². The minimum Gasteiger partial charge on any atom is -0.462 e. The van der Waals surface area contributed by atoms with E-state index in [0.717, 1.165) is 67.0 Å². The molecule has 2 aromatic rings. The number of aromatic nitrogens is 1. The first-order valence-corrected chi connectivity index (χ1v) is 11.8. The number of carbonyl (C=O) groups is 1. The summed E-state index contributed by atoms with van der Waals surface area (Å²) in [5.41, 5.74) is 4.73. The third kappa shape index (κ3) is 4.07. The Bertz CT molecular complexity index is 922. The van der Waals surface area contributed by atoms with Crippen LogP contribution < -0.4 is 4.90 Å². The SMILES string of the molecule is CCOC(=O)c1c(C2CCCCC2)nc2c(c1-c1cccc(Cl)c1)CCCN2CC. The molecule has 0 unspecified atom stereocenters. The first kappa shape index (κ1) is 21.2. The summed E-state index contributed by atoms with van der Waals surface area (Å²) in [6.07, 6.45) is 7.78. The van der Waals surface area contributed by atoms with E-state index in [9.17, 15) is 4.79 Å². The zero-order valence-electron chi connectivity index (χ0n) is 18.0. The largest absolute Gasteiger partial charge is 0.462 e. The van der Waals surface area contributed by atoms with Gasteiger partial charge in [-0.3, -0.25) is 0 Å². The van der Waals surface area contributed by atoms with Crippen LogP contribution in [0, 0.1) is 0 Å². The molecular formula is C25H31ClN2O2. The van der Waals surface area contributed by atoms with Crippen molar-refractivity contribution in [3.8, 4) is 11.1 Å². The van der Waals surface area contributed by atoms with Crippen LogP contribution in [0.15, 0.2) is 24.3 Å². The molecule has 5 heteroatoms. The average Bonchev–Trinajstić information content (AvgIpc) is 2.78. The fourth-order valence-electron chi connectivity index (χ4n) is 5.03. The second kappa shape index (κ2) is 9.38. The van der Waals surface area contributed by atoms with Crippen LogP contribution in [0.2, 0.25) is 5.02 Å². The van der Waals surface area contributed by atoms with E-state index in [1.165, 1.54) is 19.3 Å². The Morgan fingerprint density at radius 3 is 2.70 bits per heavy atom. The number of carbonyl (C=O) groups excluding carboxylic acids is 1. The van der Waals surface area contributed by atoms with Crippen LogP contribution in [0.4, 0.5) is 5.82 Å². The van der Waals surface area contributed by atoms with Crippen LogP contribution in [-0.4, -0.2) is 30.6 Å². The molecule has 1 aromatic heterocycles. The lowest BCUT2D eigenvalue weighted by Crippen LogP contribution is -2.32. The van der Waals surface area contributed by atoms with Gasteiger partial charge in [0.15, 0.2) is 0 Å². The van der Waals surface area contributed by atoms with Crippen molar-refractivity contribution < 1.29 is 9.53 Å². The lowest BCUT2D eigenvalue weighted by Gasteiger charge is -2.34. The van der Waals surface area contributed by atoms with Gasteiger partial charge in [-0.05, 0) is 57.2 Å². The quantitative estimate of drug-likeness (QED) is 0.519. The lowest BCUT2D eigenvalue weighted by molar-refractivity contribution is 0.0524. The summed E-state index contributed by atoms with van der Waals surface area (Å²) >= 11 is 6.37. The molecule has 0 radical (unpaired) electrons. The van der Waals surface area contributed by atoms with Gasteiger partial charge in [0.1, 0.15) is 5.82 Å². The molecule has 1 aromatic carbocycles. The molecule has 1 fully saturated rings. The summed E-state index contributed by atoms with van der Waals surface area (Å²) in [5.74, 6) is 1.10. The molecule has 0 atom stereocenters. The van der Waals surface area contributed by atoms with E-state index in [2.05, 4.69) is 17.9 Å². The fraction of sp³-hybridized carbons (Fsp3) is 0.520. The minimum absolute atomic E-state index is 0.253. The number of anilines is 1. The Balaban J connectivity index is 2.01.